The summed E-state index contributed by atoms with van der Waals surface area (Å²) in [6.07, 6.45) is 0. The second-order valence-electron chi connectivity index (χ2n) is 4.08. The van der Waals surface area contributed by atoms with Crippen molar-refractivity contribution in [3.63, 3.8) is 0 Å². The van der Waals surface area contributed by atoms with E-state index in [1.807, 2.05) is 25.1 Å². The molecule has 0 bridgehead atoms. The molecule has 0 amide bonds. The molecule has 0 atom stereocenters. The van der Waals surface area contributed by atoms with E-state index < -0.39 is 0 Å². The number of aryl methyl sites for hydroxylation is 1. The van der Waals surface area contributed by atoms with Crippen LogP contribution in [0, 0.1) is 12.7 Å². The van der Waals surface area contributed by atoms with E-state index in [-0.39, 0.29) is 5.82 Å². The van der Waals surface area contributed by atoms with Crippen molar-refractivity contribution in [1.29, 1.82) is 0 Å². The van der Waals surface area contributed by atoms with E-state index in [2.05, 4.69) is 21.2 Å². The van der Waals surface area contributed by atoms with Crippen LogP contribution in [0.4, 0.5) is 10.1 Å². The van der Waals surface area contributed by atoms with E-state index in [1.165, 1.54) is 6.07 Å². The van der Waals surface area contributed by atoms with Crippen molar-refractivity contribution < 1.29 is 4.39 Å². The molecule has 18 heavy (non-hydrogen) atoms. The molecule has 4 heteroatoms. The molecule has 0 spiro atoms. The number of halogens is 3. The smallest absolute Gasteiger partial charge is 0.128 e. The number of hydrogen-bond donors (Lipinski definition) is 1. The second kappa shape index (κ2) is 5.72. The van der Waals surface area contributed by atoms with Gasteiger partial charge in [-0.15, -0.1) is 0 Å². The number of hydrogen-bond acceptors (Lipinski definition) is 1. The summed E-state index contributed by atoms with van der Waals surface area (Å²) in [4.78, 5) is 0. The Morgan fingerprint density at radius 3 is 2.72 bits per heavy atom. The Hall–Kier alpha value is -1.06. The third-order valence-corrected chi connectivity index (χ3v) is 3.82. The molecule has 2 rings (SSSR count). The first-order valence-electron chi connectivity index (χ1n) is 5.50. The molecule has 0 aromatic heterocycles. The van der Waals surface area contributed by atoms with Crippen LogP contribution >= 0.6 is 27.5 Å². The molecule has 94 valence electrons. The highest BCUT2D eigenvalue weighted by molar-refractivity contribution is 9.10. The van der Waals surface area contributed by atoms with Gasteiger partial charge in [-0.05, 0) is 47.1 Å². The third kappa shape index (κ3) is 3.24. The largest absolute Gasteiger partial charge is 0.381 e. The lowest BCUT2D eigenvalue weighted by atomic mass is 10.1. The highest BCUT2D eigenvalue weighted by Gasteiger charge is 2.03. The quantitative estimate of drug-likeness (QED) is 0.820. The minimum absolute atomic E-state index is 0.193. The Morgan fingerprint density at radius 1 is 1.22 bits per heavy atom. The Morgan fingerprint density at radius 2 is 2.00 bits per heavy atom. The zero-order valence-electron chi connectivity index (χ0n) is 9.81. The first-order valence-corrected chi connectivity index (χ1v) is 6.67. The summed E-state index contributed by atoms with van der Waals surface area (Å²) in [7, 11) is 0. The predicted molar refractivity (Wildman–Crippen MR) is 77.6 cm³/mol. The number of benzene rings is 2. The van der Waals surface area contributed by atoms with E-state index in [1.54, 1.807) is 12.1 Å². The van der Waals surface area contributed by atoms with Crippen LogP contribution in [-0.2, 0) is 6.54 Å². The lowest BCUT2D eigenvalue weighted by Gasteiger charge is -2.09. The molecule has 0 radical (unpaired) electrons. The van der Waals surface area contributed by atoms with Crippen molar-refractivity contribution in [2.45, 2.75) is 13.5 Å². The predicted octanol–water partition coefficient (Wildman–Crippen LogP) is 5.16. The third-order valence-electron chi connectivity index (χ3n) is 2.60. The van der Waals surface area contributed by atoms with Crippen molar-refractivity contribution in [2.24, 2.45) is 0 Å². The summed E-state index contributed by atoms with van der Waals surface area (Å²) in [5.41, 5.74) is 2.60. The van der Waals surface area contributed by atoms with Crippen molar-refractivity contribution in [3.8, 4) is 0 Å². The first kappa shape index (κ1) is 13.4. The summed E-state index contributed by atoms with van der Waals surface area (Å²) in [6.45, 7) is 2.39. The van der Waals surface area contributed by atoms with E-state index in [0.717, 1.165) is 15.7 Å². The summed E-state index contributed by atoms with van der Waals surface area (Å²) >= 11 is 9.26. The lowest BCUT2D eigenvalue weighted by molar-refractivity contribution is 0.612. The molecule has 0 aliphatic heterocycles. The SMILES string of the molecule is Cc1ccc(F)c(CNc2ccc(Cl)c(Br)c2)c1. The molecule has 0 saturated heterocycles. The van der Waals surface area contributed by atoms with Gasteiger partial charge in [0.1, 0.15) is 5.82 Å². The molecule has 0 aliphatic carbocycles. The van der Waals surface area contributed by atoms with Crippen molar-refractivity contribution in [2.75, 3.05) is 5.32 Å². The molecule has 2 aromatic carbocycles. The summed E-state index contributed by atoms with van der Waals surface area (Å²) in [5, 5.41) is 3.82. The van der Waals surface area contributed by atoms with Gasteiger partial charge in [-0.25, -0.2) is 4.39 Å². The molecule has 0 heterocycles. The van der Waals surface area contributed by atoms with Gasteiger partial charge < -0.3 is 5.32 Å². The van der Waals surface area contributed by atoms with Gasteiger partial charge in [0.15, 0.2) is 0 Å². The molecular formula is C14H12BrClFN. The van der Waals surface area contributed by atoms with Gasteiger partial charge in [0.05, 0.1) is 5.02 Å². The zero-order chi connectivity index (χ0) is 13.1. The van der Waals surface area contributed by atoms with Crippen LogP contribution in [0.1, 0.15) is 11.1 Å². The van der Waals surface area contributed by atoms with Crippen molar-refractivity contribution >= 4 is 33.2 Å². The Labute approximate surface area is 119 Å². The second-order valence-corrected chi connectivity index (χ2v) is 5.34. The van der Waals surface area contributed by atoms with E-state index >= 15 is 0 Å². The fourth-order valence-corrected chi connectivity index (χ4v) is 2.14. The zero-order valence-corrected chi connectivity index (χ0v) is 12.1. The van der Waals surface area contributed by atoms with E-state index in [4.69, 9.17) is 11.6 Å². The molecule has 1 nitrogen and oxygen atoms in total. The van der Waals surface area contributed by atoms with E-state index in [0.29, 0.717) is 17.1 Å². The lowest BCUT2D eigenvalue weighted by Crippen LogP contribution is -2.02. The Bertz CT molecular complexity index is 572. The summed E-state index contributed by atoms with van der Waals surface area (Å²) < 4.78 is 14.4. The topological polar surface area (TPSA) is 12.0 Å². The normalized spacial score (nSPS) is 10.4. The maximum absolute atomic E-state index is 13.5. The van der Waals surface area contributed by atoms with E-state index in [9.17, 15) is 4.39 Å². The van der Waals surface area contributed by atoms with Gasteiger partial charge in [0.25, 0.3) is 0 Å². The molecule has 1 N–H and O–H groups in total. The highest BCUT2D eigenvalue weighted by Crippen LogP contribution is 2.26. The van der Waals surface area contributed by atoms with Crippen molar-refractivity contribution in [1.82, 2.24) is 0 Å². The van der Waals surface area contributed by atoms with Crippen molar-refractivity contribution in [3.05, 3.63) is 62.8 Å². The van der Waals surface area contributed by atoms with Gasteiger partial charge in [0.2, 0.25) is 0 Å². The Balaban J connectivity index is 2.11. The molecule has 0 saturated carbocycles. The Kier molecular flexibility index (Phi) is 4.25. The van der Waals surface area contributed by atoms with Crippen LogP contribution in [0.2, 0.25) is 5.02 Å². The fraction of sp³-hybridized carbons (Fsp3) is 0.143. The monoisotopic (exact) mass is 327 g/mol. The van der Waals surface area contributed by atoms with Gasteiger partial charge in [-0.3, -0.25) is 0 Å². The van der Waals surface area contributed by atoms with Crippen LogP contribution in [0.15, 0.2) is 40.9 Å². The molecule has 0 aliphatic rings. The minimum Gasteiger partial charge on any atom is -0.381 e. The fourth-order valence-electron chi connectivity index (χ4n) is 1.64. The molecule has 2 aromatic rings. The highest BCUT2D eigenvalue weighted by atomic mass is 79.9. The van der Waals surface area contributed by atoms with Gasteiger partial charge in [0, 0.05) is 22.3 Å². The maximum atomic E-state index is 13.5. The van der Waals surface area contributed by atoms with Crippen LogP contribution in [0.25, 0.3) is 0 Å². The van der Waals surface area contributed by atoms with Crippen LogP contribution in [0.3, 0.4) is 0 Å². The van der Waals surface area contributed by atoms with Gasteiger partial charge in [-0.1, -0.05) is 29.3 Å². The number of anilines is 1. The minimum atomic E-state index is -0.193. The summed E-state index contributed by atoms with van der Waals surface area (Å²) in [6, 6.07) is 10.6. The molecular weight excluding hydrogens is 317 g/mol. The number of nitrogens with one attached hydrogen (secondary N) is 1. The average molecular weight is 329 g/mol. The van der Waals surface area contributed by atoms with Gasteiger partial charge in [-0.2, -0.15) is 0 Å². The standard InChI is InChI=1S/C14H12BrClFN/c1-9-2-5-14(17)10(6-9)8-18-11-3-4-13(16)12(15)7-11/h2-7,18H,8H2,1H3. The van der Waals surface area contributed by atoms with Crippen LogP contribution in [-0.4, -0.2) is 0 Å². The van der Waals surface area contributed by atoms with Crippen LogP contribution in [0.5, 0.6) is 0 Å². The first-order chi connectivity index (χ1) is 8.56. The summed E-state index contributed by atoms with van der Waals surface area (Å²) in [5.74, 6) is -0.193. The number of rotatable bonds is 3. The maximum Gasteiger partial charge on any atom is 0.128 e. The van der Waals surface area contributed by atoms with Gasteiger partial charge >= 0.3 is 0 Å². The van der Waals surface area contributed by atoms with Crippen LogP contribution < -0.4 is 5.32 Å². The average Bonchev–Trinajstić information content (AvgIpc) is 2.34. The molecule has 0 unspecified atom stereocenters. The molecule has 0 fully saturated rings.